The zero-order valence-corrected chi connectivity index (χ0v) is 16.9. The summed E-state index contributed by atoms with van der Waals surface area (Å²) in [5.74, 6) is -1.66. The van der Waals surface area contributed by atoms with Gasteiger partial charge in [-0.15, -0.1) is 0 Å². The van der Waals surface area contributed by atoms with Crippen molar-refractivity contribution < 1.29 is 18.0 Å². The Morgan fingerprint density at radius 3 is 2.75 bits per heavy atom. The van der Waals surface area contributed by atoms with Crippen LogP contribution in [0.5, 0.6) is 0 Å². The first-order valence-corrected chi connectivity index (χ1v) is 9.82. The van der Waals surface area contributed by atoms with E-state index < -0.39 is 29.8 Å². The van der Waals surface area contributed by atoms with Crippen molar-refractivity contribution in [1.29, 1.82) is 5.26 Å². The third-order valence-corrected chi connectivity index (χ3v) is 4.86. The predicted molar refractivity (Wildman–Crippen MR) is 109 cm³/mol. The minimum atomic E-state index is -2.89. The number of aromatic nitrogens is 4. The van der Waals surface area contributed by atoms with Crippen molar-refractivity contribution in [3.63, 3.8) is 0 Å². The molecule has 2 aromatic heterocycles. The van der Waals surface area contributed by atoms with Crippen LogP contribution in [0.4, 0.5) is 24.8 Å². The molecular weight excluding hydrogens is 423 g/mol. The molecule has 0 bridgehead atoms. The predicted octanol–water partition coefficient (Wildman–Crippen LogP) is 4.14. The number of anilines is 2. The van der Waals surface area contributed by atoms with Crippen molar-refractivity contribution in [3.05, 3.63) is 53.7 Å². The van der Waals surface area contributed by atoms with E-state index in [1.54, 1.807) is 12.4 Å². The number of halogens is 3. The number of nitriles is 1. The summed E-state index contributed by atoms with van der Waals surface area (Å²) in [5, 5.41) is 18.3. The Balaban J connectivity index is 1.63. The number of nitrogens with zero attached hydrogens (tertiary/aromatic N) is 5. The van der Waals surface area contributed by atoms with Gasteiger partial charge in [-0.3, -0.25) is 9.48 Å². The highest BCUT2D eigenvalue weighted by Gasteiger charge is 2.24. The van der Waals surface area contributed by atoms with Gasteiger partial charge in [-0.05, 0) is 31.9 Å². The normalized spacial score (nSPS) is 14.1. The largest absolute Gasteiger partial charge is 0.336 e. The Labute approximate surface area is 181 Å². The molecule has 0 spiro atoms. The Morgan fingerprint density at radius 2 is 2.09 bits per heavy atom. The fraction of sp³-hybridized carbons (Fsp3) is 0.286. The van der Waals surface area contributed by atoms with E-state index in [1.807, 2.05) is 10.8 Å². The molecular formula is C21H18F3N7O. The number of hydrogen-bond donors (Lipinski definition) is 2. The standard InChI is InChI=1S/C21H18F3N7O/c1-11(7-25)28-20(32)15-5-2-12(6-17(15)22)18-16(19(23)24)9-26-21(30-18)29-13-8-27-31(10-13)14-3-4-14/h2,5-6,8-11,14,19H,3-4H2,1H3,(H,28,32)(H,26,29,30)/t11-/m0/s1. The lowest BCUT2D eigenvalue weighted by atomic mass is 10.0. The van der Waals surface area contributed by atoms with Gasteiger partial charge in [0.2, 0.25) is 5.95 Å². The molecule has 1 fully saturated rings. The smallest absolute Gasteiger partial charge is 0.267 e. The molecule has 1 aliphatic rings. The second-order valence-electron chi connectivity index (χ2n) is 7.38. The van der Waals surface area contributed by atoms with E-state index in [9.17, 15) is 18.0 Å². The van der Waals surface area contributed by atoms with Crippen LogP contribution >= 0.6 is 0 Å². The maximum absolute atomic E-state index is 14.6. The van der Waals surface area contributed by atoms with E-state index in [1.165, 1.54) is 13.0 Å². The van der Waals surface area contributed by atoms with Crippen molar-refractivity contribution in [3.8, 4) is 17.3 Å². The molecule has 8 nitrogen and oxygen atoms in total. The molecule has 2 N–H and O–H groups in total. The van der Waals surface area contributed by atoms with Crippen LogP contribution in [0.15, 0.2) is 36.8 Å². The van der Waals surface area contributed by atoms with E-state index in [4.69, 9.17) is 5.26 Å². The summed E-state index contributed by atoms with van der Waals surface area (Å²) in [6, 6.07) is 4.80. The highest BCUT2D eigenvalue weighted by Crippen LogP contribution is 2.35. The number of alkyl halides is 2. The minimum Gasteiger partial charge on any atom is -0.336 e. The number of hydrogen-bond acceptors (Lipinski definition) is 6. The number of carbonyl (C=O) groups is 1. The molecule has 0 saturated heterocycles. The Kier molecular flexibility index (Phi) is 5.77. The summed E-state index contributed by atoms with van der Waals surface area (Å²) in [4.78, 5) is 20.2. The highest BCUT2D eigenvalue weighted by molar-refractivity contribution is 5.95. The topological polar surface area (TPSA) is 109 Å². The van der Waals surface area contributed by atoms with Gasteiger partial charge in [0.05, 0.1) is 40.8 Å². The second-order valence-corrected chi connectivity index (χ2v) is 7.38. The lowest BCUT2D eigenvalue weighted by molar-refractivity contribution is 0.0943. The summed E-state index contributed by atoms with van der Waals surface area (Å²) < 4.78 is 43.5. The van der Waals surface area contributed by atoms with Crippen LogP contribution in [0.25, 0.3) is 11.3 Å². The summed E-state index contributed by atoms with van der Waals surface area (Å²) in [7, 11) is 0. The van der Waals surface area contributed by atoms with Crippen LogP contribution in [-0.2, 0) is 0 Å². The molecule has 0 aliphatic heterocycles. The van der Waals surface area contributed by atoms with Gasteiger partial charge in [-0.2, -0.15) is 10.4 Å². The molecule has 0 unspecified atom stereocenters. The first kappa shape index (κ1) is 21.3. The average molecular weight is 441 g/mol. The molecule has 1 amide bonds. The van der Waals surface area contributed by atoms with Gasteiger partial charge in [-0.25, -0.2) is 23.1 Å². The van der Waals surface area contributed by atoms with Gasteiger partial charge in [0.25, 0.3) is 12.3 Å². The molecule has 164 valence electrons. The fourth-order valence-electron chi connectivity index (χ4n) is 3.07. The molecule has 2 heterocycles. The fourth-order valence-corrected chi connectivity index (χ4v) is 3.07. The van der Waals surface area contributed by atoms with Crippen molar-refractivity contribution >= 4 is 17.5 Å². The number of amides is 1. The number of nitrogens with one attached hydrogen (secondary N) is 2. The van der Waals surface area contributed by atoms with Crippen molar-refractivity contribution in [2.75, 3.05) is 5.32 Å². The summed E-state index contributed by atoms with van der Waals surface area (Å²) in [6.45, 7) is 1.45. The van der Waals surface area contributed by atoms with Crippen molar-refractivity contribution in [1.82, 2.24) is 25.1 Å². The number of carbonyl (C=O) groups excluding carboxylic acids is 1. The Hall–Kier alpha value is -3.94. The van der Waals surface area contributed by atoms with Crippen LogP contribution in [0.3, 0.4) is 0 Å². The van der Waals surface area contributed by atoms with Gasteiger partial charge in [0, 0.05) is 18.0 Å². The van der Waals surface area contributed by atoms with E-state index in [0.29, 0.717) is 11.7 Å². The van der Waals surface area contributed by atoms with Gasteiger partial charge >= 0.3 is 0 Å². The van der Waals surface area contributed by atoms with Gasteiger partial charge in [0.1, 0.15) is 11.9 Å². The molecule has 4 rings (SSSR count). The molecule has 0 radical (unpaired) electrons. The van der Waals surface area contributed by atoms with Crippen LogP contribution < -0.4 is 10.6 Å². The summed E-state index contributed by atoms with van der Waals surface area (Å²) in [5.41, 5.74) is -0.295. The number of benzene rings is 1. The van der Waals surface area contributed by atoms with Crippen LogP contribution in [0.2, 0.25) is 0 Å². The average Bonchev–Trinajstić information content (AvgIpc) is 3.52. The highest BCUT2D eigenvalue weighted by atomic mass is 19.3. The zero-order chi connectivity index (χ0) is 22.8. The SMILES string of the molecule is C[C@@H](C#N)NC(=O)c1ccc(-c2nc(Nc3cnn(C4CC4)c3)ncc2C(F)F)cc1F. The first-order valence-electron chi connectivity index (χ1n) is 9.82. The molecule has 1 aliphatic carbocycles. The van der Waals surface area contributed by atoms with Gasteiger partial charge < -0.3 is 10.6 Å². The monoisotopic (exact) mass is 441 g/mol. The zero-order valence-electron chi connectivity index (χ0n) is 16.9. The quantitative estimate of drug-likeness (QED) is 0.571. The van der Waals surface area contributed by atoms with Crippen LogP contribution in [0, 0.1) is 17.1 Å². The Bertz CT molecular complexity index is 1200. The molecule has 11 heteroatoms. The van der Waals surface area contributed by atoms with Crippen LogP contribution in [0.1, 0.15) is 48.2 Å². The Morgan fingerprint density at radius 1 is 1.31 bits per heavy atom. The van der Waals surface area contributed by atoms with Crippen LogP contribution in [-0.4, -0.2) is 31.7 Å². The molecule has 1 atom stereocenters. The first-order chi connectivity index (χ1) is 15.4. The lowest BCUT2D eigenvalue weighted by Gasteiger charge is -2.12. The maximum Gasteiger partial charge on any atom is 0.267 e. The lowest BCUT2D eigenvalue weighted by Crippen LogP contribution is -2.31. The number of rotatable bonds is 7. The van der Waals surface area contributed by atoms with E-state index in [2.05, 4.69) is 25.7 Å². The summed E-state index contributed by atoms with van der Waals surface area (Å²) >= 11 is 0. The molecule has 3 aromatic rings. The van der Waals surface area contributed by atoms with Crippen molar-refractivity contribution in [2.24, 2.45) is 0 Å². The van der Waals surface area contributed by atoms with Gasteiger partial charge in [-0.1, -0.05) is 6.07 Å². The maximum atomic E-state index is 14.6. The van der Waals surface area contributed by atoms with Crippen molar-refractivity contribution in [2.45, 2.75) is 38.3 Å². The molecule has 1 aromatic carbocycles. The third-order valence-electron chi connectivity index (χ3n) is 4.86. The third kappa shape index (κ3) is 4.54. The second kappa shape index (κ2) is 8.66. The minimum absolute atomic E-state index is 0.0461. The van der Waals surface area contributed by atoms with Gasteiger partial charge in [0.15, 0.2) is 0 Å². The van der Waals surface area contributed by atoms with E-state index in [-0.39, 0.29) is 22.8 Å². The van der Waals surface area contributed by atoms with E-state index >= 15 is 0 Å². The molecule has 1 saturated carbocycles. The van der Waals surface area contributed by atoms with E-state index in [0.717, 1.165) is 31.2 Å². The summed E-state index contributed by atoms with van der Waals surface area (Å²) in [6.07, 6.45) is 3.56. The molecule has 32 heavy (non-hydrogen) atoms.